The summed E-state index contributed by atoms with van der Waals surface area (Å²) in [5, 5.41) is 2.91. The Morgan fingerprint density at radius 1 is 1.14 bits per heavy atom. The van der Waals surface area contributed by atoms with Gasteiger partial charge in [-0.15, -0.1) is 0 Å². The Kier molecular flexibility index (Phi) is 5.12. The van der Waals surface area contributed by atoms with E-state index in [1.54, 1.807) is 0 Å². The van der Waals surface area contributed by atoms with E-state index in [9.17, 15) is 4.79 Å². The molecule has 3 nitrogen and oxygen atoms in total. The van der Waals surface area contributed by atoms with Crippen molar-refractivity contribution in [3.05, 3.63) is 65.2 Å². The number of benzene rings is 2. The number of hydrogen-bond donors (Lipinski definition) is 2. The number of anilines is 1. The van der Waals surface area contributed by atoms with Crippen LogP contribution >= 0.6 is 0 Å². The highest BCUT2D eigenvalue weighted by Crippen LogP contribution is 2.16. The van der Waals surface area contributed by atoms with Gasteiger partial charge in [-0.05, 0) is 43.9 Å². The largest absolute Gasteiger partial charge is 0.324 e. The predicted octanol–water partition coefficient (Wildman–Crippen LogP) is 3.20. The number of hydrogen-bond acceptors (Lipinski definition) is 2. The van der Waals surface area contributed by atoms with E-state index in [2.05, 4.69) is 17.4 Å². The van der Waals surface area contributed by atoms with Gasteiger partial charge in [-0.3, -0.25) is 4.79 Å². The normalized spacial score (nSPS) is 12.0. The summed E-state index contributed by atoms with van der Waals surface area (Å²) in [4.78, 5) is 12.1. The minimum atomic E-state index is -0.495. The maximum atomic E-state index is 12.1. The molecule has 1 unspecified atom stereocenters. The van der Waals surface area contributed by atoms with Crippen molar-refractivity contribution in [3.8, 4) is 0 Å². The average Bonchev–Trinajstić information content (AvgIpc) is 2.48. The summed E-state index contributed by atoms with van der Waals surface area (Å²) >= 11 is 0. The fraction of sp³-hybridized carbons (Fsp3) is 0.278. The molecule has 0 fully saturated rings. The summed E-state index contributed by atoms with van der Waals surface area (Å²) in [5.41, 5.74) is 10.2. The molecule has 0 spiro atoms. The van der Waals surface area contributed by atoms with Crippen molar-refractivity contribution >= 4 is 11.6 Å². The third-order valence-electron chi connectivity index (χ3n) is 3.56. The predicted molar refractivity (Wildman–Crippen MR) is 87.3 cm³/mol. The van der Waals surface area contributed by atoms with Crippen molar-refractivity contribution < 1.29 is 4.79 Å². The summed E-state index contributed by atoms with van der Waals surface area (Å²) in [6.45, 7) is 4.02. The first-order valence-electron chi connectivity index (χ1n) is 7.24. The van der Waals surface area contributed by atoms with Crippen molar-refractivity contribution in [2.45, 2.75) is 32.7 Å². The van der Waals surface area contributed by atoms with Gasteiger partial charge in [-0.25, -0.2) is 0 Å². The summed E-state index contributed by atoms with van der Waals surface area (Å²) in [7, 11) is 0. The van der Waals surface area contributed by atoms with E-state index in [1.807, 2.05) is 50.2 Å². The van der Waals surface area contributed by atoms with Gasteiger partial charge in [-0.2, -0.15) is 0 Å². The van der Waals surface area contributed by atoms with Crippen LogP contribution in [0.5, 0.6) is 0 Å². The Hall–Kier alpha value is -2.13. The molecule has 0 aliphatic rings. The first kappa shape index (κ1) is 15.3. The zero-order valence-electron chi connectivity index (χ0n) is 12.6. The van der Waals surface area contributed by atoms with Crippen molar-refractivity contribution in [1.82, 2.24) is 0 Å². The van der Waals surface area contributed by atoms with E-state index in [-0.39, 0.29) is 5.91 Å². The molecule has 2 aromatic rings. The van der Waals surface area contributed by atoms with Crippen molar-refractivity contribution in [2.24, 2.45) is 5.73 Å². The Morgan fingerprint density at radius 3 is 2.52 bits per heavy atom. The zero-order valence-corrected chi connectivity index (χ0v) is 12.6. The van der Waals surface area contributed by atoms with Gasteiger partial charge in [0.1, 0.15) is 0 Å². The van der Waals surface area contributed by atoms with Crippen LogP contribution in [-0.2, 0) is 11.2 Å². The standard InChI is InChI=1S/C18H22N2O/c1-13-8-11-17(14(2)12-13)20-18(21)16(19)10-9-15-6-4-3-5-7-15/h3-8,11-12,16H,9-10,19H2,1-2H3,(H,20,21). The SMILES string of the molecule is Cc1ccc(NC(=O)C(N)CCc2ccccc2)c(C)c1. The highest BCUT2D eigenvalue weighted by molar-refractivity contribution is 5.95. The molecule has 0 aliphatic carbocycles. The monoisotopic (exact) mass is 282 g/mol. The Morgan fingerprint density at radius 2 is 1.86 bits per heavy atom. The summed E-state index contributed by atoms with van der Waals surface area (Å²) in [6.07, 6.45) is 1.45. The number of carbonyl (C=O) groups is 1. The van der Waals surface area contributed by atoms with Crippen LogP contribution in [-0.4, -0.2) is 11.9 Å². The van der Waals surface area contributed by atoms with E-state index in [0.717, 1.165) is 17.7 Å². The molecule has 110 valence electrons. The second-order valence-electron chi connectivity index (χ2n) is 5.44. The Bertz CT molecular complexity index is 608. The van der Waals surface area contributed by atoms with Crippen LogP contribution in [0.3, 0.4) is 0 Å². The van der Waals surface area contributed by atoms with Crippen LogP contribution < -0.4 is 11.1 Å². The molecule has 0 heterocycles. The van der Waals surface area contributed by atoms with E-state index >= 15 is 0 Å². The Labute approximate surface area is 126 Å². The number of amides is 1. The molecule has 0 bridgehead atoms. The number of nitrogens with two attached hydrogens (primary N) is 1. The van der Waals surface area contributed by atoms with Crippen molar-refractivity contribution in [2.75, 3.05) is 5.32 Å². The van der Waals surface area contributed by atoms with Gasteiger partial charge < -0.3 is 11.1 Å². The van der Waals surface area contributed by atoms with Crippen LogP contribution in [0.25, 0.3) is 0 Å². The average molecular weight is 282 g/mol. The summed E-state index contributed by atoms with van der Waals surface area (Å²) in [6, 6.07) is 15.5. The van der Waals surface area contributed by atoms with Crippen LogP contribution in [0, 0.1) is 13.8 Å². The number of rotatable bonds is 5. The second kappa shape index (κ2) is 7.04. The smallest absolute Gasteiger partial charge is 0.241 e. The van der Waals surface area contributed by atoms with Gasteiger partial charge in [0, 0.05) is 5.69 Å². The van der Waals surface area contributed by atoms with Crippen molar-refractivity contribution in [1.29, 1.82) is 0 Å². The topological polar surface area (TPSA) is 55.1 Å². The second-order valence-corrected chi connectivity index (χ2v) is 5.44. The number of nitrogens with one attached hydrogen (secondary N) is 1. The van der Waals surface area contributed by atoms with E-state index < -0.39 is 6.04 Å². The van der Waals surface area contributed by atoms with Gasteiger partial charge in [0.25, 0.3) is 0 Å². The van der Waals surface area contributed by atoms with Gasteiger partial charge in [0.05, 0.1) is 6.04 Å². The molecule has 0 aromatic heterocycles. The molecule has 0 saturated heterocycles. The minimum absolute atomic E-state index is 0.127. The molecule has 0 saturated carbocycles. The fourth-order valence-corrected chi connectivity index (χ4v) is 2.28. The van der Waals surface area contributed by atoms with Crippen molar-refractivity contribution in [3.63, 3.8) is 0 Å². The molecular weight excluding hydrogens is 260 g/mol. The molecule has 1 amide bonds. The molecule has 3 heteroatoms. The molecule has 0 aliphatic heterocycles. The fourth-order valence-electron chi connectivity index (χ4n) is 2.28. The van der Waals surface area contributed by atoms with Gasteiger partial charge in [0.2, 0.25) is 5.91 Å². The highest BCUT2D eigenvalue weighted by atomic mass is 16.2. The molecule has 2 rings (SSSR count). The number of aryl methyl sites for hydroxylation is 3. The van der Waals surface area contributed by atoms with Gasteiger partial charge in [0.15, 0.2) is 0 Å². The first-order chi connectivity index (χ1) is 10.1. The minimum Gasteiger partial charge on any atom is -0.324 e. The molecule has 0 radical (unpaired) electrons. The van der Waals surface area contributed by atoms with Crippen LogP contribution in [0.4, 0.5) is 5.69 Å². The molecular formula is C18H22N2O. The molecule has 21 heavy (non-hydrogen) atoms. The zero-order chi connectivity index (χ0) is 15.2. The highest BCUT2D eigenvalue weighted by Gasteiger charge is 2.14. The lowest BCUT2D eigenvalue weighted by molar-refractivity contribution is -0.117. The lowest BCUT2D eigenvalue weighted by atomic mass is 10.0. The Balaban J connectivity index is 1.90. The van der Waals surface area contributed by atoms with Crippen LogP contribution in [0.15, 0.2) is 48.5 Å². The van der Waals surface area contributed by atoms with Crippen LogP contribution in [0.1, 0.15) is 23.1 Å². The van der Waals surface area contributed by atoms with Gasteiger partial charge >= 0.3 is 0 Å². The first-order valence-corrected chi connectivity index (χ1v) is 7.24. The molecule has 2 aromatic carbocycles. The molecule has 1 atom stereocenters. The van der Waals surface area contributed by atoms with Crippen LogP contribution in [0.2, 0.25) is 0 Å². The lowest BCUT2D eigenvalue weighted by Gasteiger charge is -2.14. The summed E-state index contributed by atoms with van der Waals surface area (Å²) < 4.78 is 0. The summed E-state index contributed by atoms with van der Waals surface area (Å²) in [5.74, 6) is -0.127. The maximum Gasteiger partial charge on any atom is 0.241 e. The third-order valence-corrected chi connectivity index (χ3v) is 3.56. The van der Waals surface area contributed by atoms with E-state index in [4.69, 9.17) is 5.73 Å². The van der Waals surface area contributed by atoms with E-state index in [0.29, 0.717) is 6.42 Å². The van der Waals surface area contributed by atoms with Gasteiger partial charge in [-0.1, -0.05) is 48.0 Å². The maximum absolute atomic E-state index is 12.1. The molecule has 3 N–H and O–H groups in total. The number of carbonyl (C=O) groups excluding carboxylic acids is 1. The lowest BCUT2D eigenvalue weighted by Crippen LogP contribution is -2.36. The van der Waals surface area contributed by atoms with E-state index in [1.165, 1.54) is 11.1 Å². The quantitative estimate of drug-likeness (QED) is 0.884. The third kappa shape index (κ3) is 4.43.